The van der Waals surface area contributed by atoms with Crippen molar-refractivity contribution in [2.75, 3.05) is 6.67 Å². The largest absolute Gasteiger partial charge is 0.393 e. The van der Waals surface area contributed by atoms with Crippen LogP contribution in [0.5, 0.6) is 0 Å². The van der Waals surface area contributed by atoms with Crippen molar-refractivity contribution < 1.29 is 0 Å². The lowest BCUT2D eigenvalue weighted by molar-refractivity contribution is 0.333. The van der Waals surface area contributed by atoms with Crippen LogP contribution in [-0.2, 0) is 6.54 Å². The average Bonchev–Trinajstić information content (AvgIpc) is 2.68. The lowest BCUT2D eigenvalue weighted by Crippen LogP contribution is -2.27. The molecule has 0 amide bonds. The van der Waals surface area contributed by atoms with Crippen LogP contribution < -0.4 is 0 Å². The van der Waals surface area contributed by atoms with Gasteiger partial charge in [-0.05, 0) is 5.56 Å². The summed E-state index contributed by atoms with van der Waals surface area (Å²) in [6.45, 7) is 1.63. The highest BCUT2D eigenvalue weighted by Gasteiger charge is 2.12. The molecule has 0 spiro atoms. The van der Waals surface area contributed by atoms with Crippen LogP contribution >= 0.6 is 0 Å². The molecule has 0 bridgehead atoms. The minimum atomic E-state index is 0.752. The molecular weight excluding hydrogens is 185 g/mol. The number of nitriles is 1. The van der Waals surface area contributed by atoms with Crippen LogP contribution in [0.1, 0.15) is 5.56 Å². The molecule has 0 aromatic heterocycles. The zero-order valence-electron chi connectivity index (χ0n) is 8.37. The van der Waals surface area contributed by atoms with Crippen LogP contribution in [0, 0.1) is 11.2 Å². The molecule has 1 radical (unpaired) electrons. The lowest BCUT2D eigenvalue weighted by Gasteiger charge is -2.18. The molecule has 0 saturated carbocycles. The zero-order valence-corrected chi connectivity index (χ0v) is 8.37. The molecule has 2 rings (SSSR count). The Morgan fingerprint density at radius 3 is 2.80 bits per heavy atom. The van der Waals surface area contributed by atoms with Gasteiger partial charge in [-0.3, -0.25) is 0 Å². The van der Waals surface area contributed by atoms with Crippen molar-refractivity contribution in [3.8, 4) is 5.97 Å². The second-order valence-corrected chi connectivity index (χ2v) is 3.44. The predicted octanol–water partition coefficient (Wildman–Crippen LogP) is 1.33. The molecule has 0 N–H and O–H groups in total. The van der Waals surface area contributed by atoms with E-state index in [9.17, 15) is 0 Å². The monoisotopic (exact) mass is 196 g/mol. The third-order valence-corrected chi connectivity index (χ3v) is 2.27. The normalized spacial score (nSPS) is 14.1. The maximum atomic E-state index is 8.50. The summed E-state index contributed by atoms with van der Waals surface area (Å²) in [6.07, 6.45) is 3.91. The molecule has 15 heavy (non-hydrogen) atoms. The summed E-state index contributed by atoms with van der Waals surface area (Å²) >= 11 is 0. The quantitative estimate of drug-likeness (QED) is 0.683. The third kappa shape index (κ3) is 2.53. The van der Waals surface area contributed by atoms with Gasteiger partial charge in [-0.2, -0.15) is 0 Å². The van der Waals surface area contributed by atoms with Crippen LogP contribution in [0.3, 0.4) is 0 Å². The van der Waals surface area contributed by atoms with Gasteiger partial charge in [-0.1, -0.05) is 30.3 Å². The van der Waals surface area contributed by atoms with Crippen LogP contribution in [0.4, 0.5) is 0 Å². The van der Waals surface area contributed by atoms with Crippen molar-refractivity contribution in [1.82, 2.24) is 9.71 Å². The van der Waals surface area contributed by atoms with Crippen LogP contribution in [0.2, 0.25) is 0 Å². The van der Waals surface area contributed by atoms with E-state index in [2.05, 4.69) is 17.0 Å². The average molecular weight is 196 g/mol. The fourth-order valence-electron chi connectivity index (χ4n) is 1.56. The van der Waals surface area contributed by atoms with Gasteiger partial charge in [0.25, 0.3) is 0 Å². The number of rotatable bonds is 3. The first-order chi connectivity index (χ1) is 7.38. The van der Waals surface area contributed by atoms with E-state index in [-0.39, 0.29) is 0 Å². The van der Waals surface area contributed by atoms with E-state index in [1.54, 1.807) is 0 Å². The van der Waals surface area contributed by atoms with Gasteiger partial charge in [0, 0.05) is 24.9 Å². The lowest BCUT2D eigenvalue weighted by atomic mass is 9.97. The van der Waals surface area contributed by atoms with Crippen molar-refractivity contribution in [1.29, 1.82) is 5.26 Å². The maximum Gasteiger partial charge on any atom is 0.388 e. The molecule has 0 atom stereocenters. The molecule has 73 valence electrons. The van der Waals surface area contributed by atoms with Crippen molar-refractivity contribution >= 4 is 7.41 Å². The van der Waals surface area contributed by atoms with Gasteiger partial charge in [0.1, 0.15) is 0 Å². The zero-order chi connectivity index (χ0) is 10.5. The minimum absolute atomic E-state index is 0.752. The van der Waals surface area contributed by atoms with Gasteiger partial charge in [0.05, 0.1) is 6.67 Å². The van der Waals surface area contributed by atoms with Crippen molar-refractivity contribution in [3.05, 3.63) is 48.3 Å². The standard InChI is InChI=1S/C11H11BN3/c13-9-12-15-7-6-14(10-15)8-11-4-2-1-3-5-11/h1-7H,8,10H2. The van der Waals surface area contributed by atoms with Gasteiger partial charge in [0.15, 0.2) is 0 Å². The summed E-state index contributed by atoms with van der Waals surface area (Å²) in [6, 6.07) is 10.3. The fourth-order valence-corrected chi connectivity index (χ4v) is 1.56. The van der Waals surface area contributed by atoms with Crippen LogP contribution in [0.15, 0.2) is 42.7 Å². The fraction of sp³-hybridized carbons (Fsp3) is 0.182. The Kier molecular flexibility index (Phi) is 2.94. The van der Waals surface area contributed by atoms with Crippen LogP contribution in [-0.4, -0.2) is 23.8 Å². The Morgan fingerprint density at radius 2 is 2.07 bits per heavy atom. The summed E-state index contributed by atoms with van der Waals surface area (Å²) in [4.78, 5) is 4.02. The smallest absolute Gasteiger partial charge is 0.388 e. The maximum absolute atomic E-state index is 8.50. The second kappa shape index (κ2) is 4.56. The topological polar surface area (TPSA) is 30.3 Å². The molecule has 1 aliphatic rings. The summed E-state index contributed by atoms with van der Waals surface area (Å²) in [7, 11) is 1.52. The molecule has 4 heteroatoms. The van der Waals surface area contributed by atoms with Crippen LogP contribution in [0.25, 0.3) is 0 Å². The van der Waals surface area contributed by atoms with E-state index >= 15 is 0 Å². The second-order valence-electron chi connectivity index (χ2n) is 3.44. The first kappa shape index (κ1) is 9.66. The van der Waals surface area contributed by atoms with E-state index in [1.807, 2.05) is 41.4 Å². The SMILES string of the molecule is N#C[B]N1C=CN(Cc2ccccc2)C1. The first-order valence-electron chi connectivity index (χ1n) is 4.83. The predicted molar refractivity (Wildman–Crippen MR) is 59.2 cm³/mol. The molecule has 1 aliphatic heterocycles. The molecule has 0 unspecified atom stereocenters. The van der Waals surface area contributed by atoms with E-state index in [0.717, 1.165) is 13.2 Å². The Bertz CT molecular complexity index is 383. The molecule has 1 heterocycles. The Morgan fingerprint density at radius 1 is 1.27 bits per heavy atom. The number of nitrogens with zero attached hydrogens (tertiary/aromatic N) is 3. The number of benzene rings is 1. The van der Waals surface area contributed by atoms with E-state index < -0.39 is 0 Å². The Balaban J connectivity index is 1.89. The summed E-state index contributed by atoms with van der Waals surface area (Å²) in [5.74, 6) is 2.02. The summed E-state index contributed by atoms with van der Waals surface area (Å²) < 4.78 is 0. The van der Waals surface area contributed by atoms with Gasteiger partial charge < -0.3 is 9.71 Å². The molecule has 1 aromatic rings. The van der Waals surface area contributed by atoms with Gasteiger partial charge in [0.2, 0.25) is 0 Å². The summed E-state index contributed by atoms with van der Waals surface area (Å²) in [5.41, 5.74) is 1.28. The molecule has 0 fully saturated rings. The molecular formula is C11H11BN3. The first-order valence-corrected chi connectivity index (χ1v) is 4.83. The Labute approximate surface area is 90.5 Å². The summed E-state index contributed by atoms with van der Waals surface area (Å²) in [5, 5.41) is 8.50. The molecule has 0 aliphatic carbocycles. The molecule has 1 aromatic carbocycles. The van der Waals surface area contributed by atoms with Gasteiger partial charge in [-0.15, -0.1) is 0 Å². The third-order valence-electron chi connectivity index (χ3n) is 2.27. The molecule has 3 nitrogen and oxygen atoms in total. The van der Waals surface area contributed by atoms with Crippen molar-refractivity contribution in [2.45, 2.75) is 6.54 Å². The highest BCUT2D eigenvalue weighted by Crippen LogP contribution is 2.10. The van der Waals surface area contributed by atoms with Gasteiger partial charge >= 0.3 is 7.41 Å². The van der Waals surface area contributed by atoms with E-state index in [4.69, 9.17) is 5.26 Å². The molecule has 0 saturated heterocycles. The highest BCUT2D eigenvalue weighted by molar-refractivity contribution is 6.42. The van der Waals surface area contributed by atoms with Gasteiger partial charge in [-0.25, -0.2) is 5.26 Å². The van der Waals surface area contributed by atoms with E-state index in [0.29, 0.717) is 0 Å². The highest BCUT2D eigenvalue weighted by atomic mass is 15.3. The van der Waals surface area contributed by atoms with Crippen molar-refractivity contribution in [2.24, 2.45) is 0 Å². The number of hydrogen-bond acceptors (Lipinski definition) is 3. The minimum Gasteiger partial charge on any atom is -0.393 e. The number of hydrogen-bond donors (Lipinski definition) is 0. The van der Waals surface area contributed by atoms with E-state index in [1.165, 1.54) is 13.0 Å². The Hall–Kier alpha value is -1.89. The van der Waals surface area contributed by atoms with Crippen molar-refractivity contribution in [3.63, 3.8) is 0 Å².